The highest BCUT2D eigenvalue weighted by Crippen LogP contribution is 2.28. The van der Waals surface area contributed by atoms with Crippen LogP contribution in [0.15, 0.2) is 0 Å². The molecule has 2 heteroatoms. The van der Waals surface area contributed by atoms with E-state index in [1.807, 2.05) is 0 Å². The summed E-state index contributed by atoms with van der Waals surface area (Å²) in [6.07, 6.45) is 7.06. The van der Waals surface area contributed by atoms with Crippen molar-refractivity contribution in [3.05, 3.63) is 0 Å². The Labute approximate surface area is 114 Å². The van der Waals surface area contributed by atoms with E-state index in [0.29, 0.717) is 0 Å². The van der Waals surface area contributed by atoms with Crippen LogP contribution in [-0.4, -0.2) is 37.1 Å². The summed E-state index contributed by atoms with van der Waals surface area (Å²) in [6, 6.07) is 0.790. The molecule has 0 amide bonds. The Morgan fingerprint density at radius 3 is 2.44 bits per heavy atom. The second-order valence-corrected chi connectivity index (χ2v) is 6.79. The van der Waals surface area contributed by atoms with Crippen molar-refractivity contribution < 1.29 is 0 Å². The molecule has 0 bridgehead atoms. The fraction of sp³-hybridized carbons (Fsp3) is 1.00. The number of rotatable bonds is 4. The first-order chi connectivity index (χ1) is 8.69. The van der Waals surface area contributed by atoms with Crippen molar-refractivity contribution in [1.29, 1.82) is 0 Å². The van der Waals surface area contributed by atoms with Crippen LogP contribution in [0.5, 0.6) is 0 Å². The highest BCUT2D eigenvalue weighted by molar-refractivity contribution is 4.83. The summed E-state index contributed by atoms with van der Waals surface area (Å²) in [7, 11) is 0. The number of hydrogen-bond acceptors (Lipinski definition) is 2. The topological polar surface area (TPSA) is 15.3 Å². The molecule has 3 atom stereocenters. The monoisotopic (exact) mass is 252 g/mol. The lowest BCUT2D eigenvalue weighted by molar-refractivity contribution is 0.172. The second-order valence-electron chi connectivity index (χ2n) is 6.79. The lowest BCUT2D eigenvalue weighted by Crippen LogP contribution is -2.44. The summed E-state index contributed by atoms with van der Waals surface area (Å²) in [5, 5.41) is 3.89. The summed E-state index contributed by atoms with van der Waals surface area (Å²) < 4.78 is 0. The van der Waals surface area contributed by atoms with Crippen LogP contribution >= 0.6 is 0 Å². The Balaban J connectivity index is 1.68. The summed E-state index contributed by atoms with van der Waals surface area (Å²) in [5.74, 6) is 2.75. The lowest BCUT2D eigenvalue weighted by atomic mass is 9.80. The van der Waals surface area contributed by atoms with Crippen LogP contribution in [0, 0.1) is 17.8 Å². The molecule has 106 valence electrons. The van der Waals surface area contributed by atoms with Gasteiger partial charge in [0.25, 0.3) is 0 Å². The van der Waals surface area contributed by atoms with Gasteiger partial charge in [-0.05, 0) is 69.6 Å². The maximum atomic E-state index is 3.89. The smallest absolute Gasteiger partial charge is 0.00953 e. The van der Waals surface area contributed by atoms with E-state index in [0.717, 1.165) is 23.8 Å². The van der Waals surface area contributed by atoms with Crippen molar-refractivity contribution in [3.63, 3.8) is 0 Å². The van der Waals surface area contributed by atoms with E-state index in [-0.39, 0.29) is 0 Å². The largest absolute Gasteiger partial charge is 0.313 e. The predicted molar refractivity (Wildman–Crippen MR) is 78.8 cm³/mol. The molecule has 0 spiro atoms. The standard InChI is InChI=1S/C16H32N2/c1-4-18-9-7-15(8-10-18)12-17-16-11-13(2)5-6-14(16)3/h13-17H,4-12H2,1-3H3. The normalized spacial score (nSPS) is 35.8. The molecular formula is C16H32N2. The van der Waals surface area contributed by atoms with Gasteiger partial charge in [-0.25, -0.2) is 0 Å². The van der Waals surface area contributed by atoms with Crippen LogP contribution in [0.3, 0.4) is 0 Å². The van der Waals surface area contributed by atoms with Gasteiger partial charge in [-0.1, -0.05) is 27.2 Å². The maximum absolute atomic E-state index is 3.89. The van der Waals surface area contributed by atoms with Crippen LogP contribution in [0.4, 0.5) is 0 Å². The molecule has 18 heavy (non-hydrogen) atoms. The average molecular weight is 252 g/mol. The van der Waals surface area contributed by atoms with Gasteiger partial charge in [0.15, 0.2) is 0 Å². The first-order valence-corrected chi connectivity index (χ1v) is 8.14. The van der Waals surface area contributed by atoms with Gasteiger partial charge >= 0.3 is 0 Å². The van der Waals surface area contributed by atoms with Gasteiger partial charge in [-0.15, -0.1) is 0 Å². The molecule has 2 aliphatic rings. The minimum absolute atomic E-state index is 0.790. The average Bonchev–Trinajstić information content (AvgIpc) is 2.40. The van der Waals surface area contributed by atoms with E-state index in [9.17, 15) is 0 Å². The molecule has 1 heterocycles. The van der Waals surface area contributed by atoms with Crippen molar-refractivity contribution in [2.75, 3.05) is 26.2 Å². The predicted octanol–water partition coefficient (Wildman–Crippen LogP) is 3.13. The van der Waals surface area contributed by atoms with Gasteiger partial charge < -0.3 is 10.2 Å². The molecule has 0 aromatic carbocycles. The highest BCUT2D eigenvalue weighted by atomic mass is 15.1. The van der Waals surface area contributed by atoms with E-state index < -0.39 is 0 Å². The first-order valence-electron chi connectivity index (χ1n) is 8.14. The molecule has 2 fully saturated rings. The number of hydrogen-bond donors (Lipinski definition) is 1. The van der Waals surface area contributed by atoms with Crippen LogP contribution in [0.25, 0.3) is 0 Å². The molecule has 0 aromatic heterocycles. The molecule has 1 saturated carbocycles. The fourth-order valence-electron chi connectivity index (χ4n) is 3.64. The van der Waals surface area contributed by atoms with Crippen LogP contribution in [-0.2, 0) is 0 Å². The Morgan fingerprint density at radius 2 is 1.78 bits per heavy atom. The molecular weight excluding hydrogens is 220 g/mol. The van der Waals surface area contributed by atoms with Gasteiger partial charge in [0.2, 0.25) is 0 Å². The Morgan fingerprint density at radius 1 is 1.06 bits per heavy atom. The van der Waals surface area contributed by atoms with Gasteiger partial charge in [-0.2, -0.15) is 0 Å². The molecule has 2 rings (SSSR count). The maximum Gasteiger partial charge on any atom is 0.00953 e. The summed E-state index contributed by atoms with van der Waals surface area (Å²) in [6.45, 7) is 12.3. The Kier molecular flexibility index (Phi) is 5.50. The zero-order valence-electron chi connectivity index (χ0n) is 12.6. The third kappa shape index (κ3) is 3.96. The van der Waals surface area contributed by atoms with E-state index in [2.05, 4.69) is 31.0 Å². The molecule has 1 aliphatic heterocycles. The van der Waals surface area contributed by atoms with E-state index in [1.54, 1.807) is 0 Å². The number of likely N-dealkylation sites (tertiary alicyclic amines) is 1. The molecule has 1 aliphatic carbocycles. The van der Waals surface area contributed by atoms with Crippen molar-refractivity contribution in [1.82, 2.24) is 10.2 Å². The quantitative estimate of drug-likeness (QED) is 0.827. The fourth-order valence-corrected chi connectivity index (χ4v) is 3.64. The van der Waals surface area contributed by atoms with Crippen LogP contribution in [0.1, 0.15) is 52.9 Å². The zero-order chi connectivity index (χ0) is 13.0. The van der Waals surface area contributed by atoms with Crippen LogP contribution in [0.2, 0.25) is 0 Å². The Bertz CT molecular complexity index is 233. The number of nitrogens with zero attached hydrogens (tertiary/aromatic N) is 1. The number of piperidine rings is 1. The van der Waals surface area contributed by atoms with E-state index >= 15 is 0 Å². The zero-order valence-corrected chi connectivity index (χ0v) is 12.6. The minimum atomic E-state index is 0.790. The second kappa shape index (κ2) is 6.91. The summed E-state index contributed by atoms with van der Waals surface area (Å²) in [4.78, 5) is 2.59. The first kappa shape index (κ1) is 14.3. The van der Waals surface area contributed by atoms with Crippen molar-refractivity contribution in [3.8, 4) is 0 Å². The third-order valence-electron chi connectivity index (χ3n) is 5.28. The van der Waals surface area contributed by atoms with Gasteiger partial charge in [0.05, 0.1) is 0 Å². The summed E-state index contributed by atoms with van der Waals surface area (Å²) >= 11 is 0. The molecule has 1 saturated heterocycles. The van der Waals surface area contributed by atoms with Crippen molar-refractivity contribution in [2.24, 2.45) is 17.8 Å². The van der Waals surface area contributed by atoms with Gasteiger partial charge in [0, 0.05) is 6.04 Å². The number of nitrogens with one attached hydrogen (secondary N) is 1. The molecule has 0 aromatic rings. The molecule has 0 radical (unpaired) electrons. The lowest BCUT2D eigenvalue weighted by Gasteiger charge is -2.36. The van der Waals surface area contributed by atoms with Crippen molar-refractivity contribution >= 4 is 0 Å². The van der Waals surface area contributed by atoms with E-state index in [1.165, 1.54) is 58.3 Å². The molecule has 2 nitrogen and oxygen atoms in total. The molecule has 3 unspecified atom stereocenters. The van der Waals surface area contributed by atoms with Gasteiger partial charge in [-0.3, -0.25) is 0 Å². The van der Waals surface area contributed by atoms with Crippen molar-refractivity contribution in [2.45, 2.75) is 58.9 Å². The van der Waals surface area contributed by atoms with Gasteiger partial charge in [0.1, 0.15) is 0 Å². The minimum Gasteiger partial charge on any atom is -0.313 e. The summed E-state index contributed by atoms with van der Waals surface area (Å²) in [5.41, 5.74) is 0. The third-order valence-corrected chi connectivity index (χ3v) is 5.28. The van der Waals surface area contributed by atoms with Crippen LogP contribution < -0.4 is 5.32 Å². The SMILES string of the molecule is CCN1CCC(CNC2CC(C)CCC2C)CC1. The molecule has 1 N–H and O–H groups in total. The Hall–Kier alpha value is -0.0800. The van der Waals surface area contributed by atoms with E-state index in [4.69, 9.17) is 0 Å². The highest BCUT2D eigenvalue weighted by Gasteiger charge is 2.26.